The van der Waals surface area contributed by atoms with Crippen LogP contribution < -0.4 is 5.32 Å². The first-order valence-corrected chi connectivity index (χ1v) is 7.58. The first-order chi connectivity index (χ1) is 8.01. The van der Waals surface area contributed by atoms with Crippen LogP contribution >= 0.6 is 35.3 Å². The van der Waals surface area contributed by atoms with Crippen molar-refractivity contribution < 1.29 is 9.53 Å². The number of hydrogen-bond donors (Lipinski definition) is 1. The second kappa shape index (κ2) is 6.37. The van der Waals surface area contributed by atoms with Gasteiger partial charge < -0.3 is 10.1 Å². The number of thioether (sulfide) groups is 1. The lowest BCUT2D eigenvalue weighted by molar-refractivity contribution is 0.0527. The molecule has 0 aromatic carbocycles. The normalized spacial score (nSPS) is 10.1. The minimum atomic E-state index is -0.291. The Morgan fingerprint density at radius 1 is 1.53 bits per heavy atom. The Labute approximate surface area is 115 Å². The lowest BCUT2D eigenvalue weighted by Crippen LogP contribution is -2.10. The van der Waals surface area contributed by atoms with Gasteiger partial charge in [0, 0.05) is 4.88 Å². The fourth-order valence-electron chi connectivity index (χ4n) is 1.31. The fourth-order valence-corrected chi connectivity index (χ4v) is 2.80. The van der Waals surface area contributed by atoms with E-state index in [2.05, 4.69) is 5.32 Å². The van der Waals surface area contributed by atoms with E-state index >= 15 is 0 Å². The maximum Gasteiger partial charge on any atom is 0.341 e. The van der Waals surface area contributed by atoms with Crippen molar-refractivity contribution in [1.29, 1.82) is 0 Å². The van der Waals surface area contributed by atoms with Crippen LogP contribution in [0.4, 0.5) is 5.00 Å². The summed E-state index contributed by atoms with van der Waals surface area (Å²) in [5.41, 5.74) is 1.56. The highest BCUT2D eigenvalue weighted by Gasteiger charge is 2.20. The van der Waals surface area contributed by atoms with Gasteiger partial charge in [0.25, 0.3) is 0 Å². The van der Waals surface area contributed by atoms with Crippen LogP contribution in [0.3, 0.4) is 0 Å². The van der Waals surface area contributed by atoms with Crippen LogP contribution in [0.5, 0.6) is 0 Å². The van der Waals surface area contributed by atoms with E-state index in [0.29, 0.717) is 16.5 Å². The average molecular weight is 289 g/mol. The first kappa shape index (κ1) is 14.5. The van der Waals surface area contributed by atoms with Gasteiger partial charge >= 0.3 is 5.97 Å². The minimum Gasteiger partial charge on any atom is -0.462 e. The quantitative estimate of drug-likeness (QED) is 0.680. The molecule has 0 unspecified atom stereocenters. The first-order valence-electron chi connectivity index (χ1n) is 5.13. The highest BCUT2D eigenvalue weighted by molar-refractivity contribution is 8.22. The second-order valence-electron chi connectivity index (χ2n) is 3.32. The molecule has 1 aromatic heterocycles. The predicted molar refractivity (Wildman–Crippen MR) is 79.5 cm³/mol. The van der Waals surface area contributed by atoms with Crippen molar-refractivity contribution in [2.45, 2.75) is 20.8 Å². The maximum absolute atomic E-state index is 11.9. The molecule has 0 bridgehead atoms. The number of thiophene rings is 1. The number of aryl methyl sites for hydroxylation is 1. The molecule has 0 radical (unpaired) electrons. The van der Waals surface area contributed by atoms with Crippen molar-refractivity contribution in [3.8, 4) is 0 Å². The highest BCUT2D eigenvalue weighted by atomic mass is 32.2. The molecule has 0 spiro atoms. The van der Waals surface area contributed by atoms with Gasteiger partial charge in [0.15, 0.2) is 0 Å². The summed E-state index contributed by atoms with van der Waals surface area (Å²) in [7, 11) is 0. The number of thiocarbonyl (C=S) groups is 1. The minimum absolute atomic E-state index is 0.291. The molecule has 0 aliphatic rings. The number of esters is 1. The molecule has 0 saturated carbocycles. The smallest absolute Gasteiger partial charge is 0.341 e. The van der Waals surface area contributed by atoms with E-state index in [9.17, 15) is 4.79 Å². The Morgan fingerprint density at radius 3 is 2.71 bits per heavy atom. The number of hydrogen-bond acceptors (Lipinski definition) is 5. The third-order valence-corrected chi connectivity index (χ3v) is 4.46. The van der Waals surface area contributed by atoms with E-state index in [1.807, 2.05) is 20.1 Å². The topological polar surface area (TPSA) is 38.3 Å². The molecule has 6 heteroatoms. The van der Waals surface area contributed by atoms with Crippen LogP contribution in [0, 0.1) is 13.8 Å². The maximum atomic E-state index is 11.9. The Balaban J connectivity index is 3.08. The third kappa shape index (κ3) is 3.43. The van der Waals surface area contributed by atoms with E-state index in [1.54, 1.807) is 6.92 Å². The lowest BCUT2D eigenvalue weighted by Gasteiger charge is -2.07. The van der Waals surface area contributed by atoms with Gasteiger partial charge in [0.05, 0.1) is 12.2 Å². The van der Waals surface area contributed by atoms with Crippen LogP contribution in [-0.4, -0.2) is 23.2 Å². The molecular formula is C11H15NO2S3. The molecule has 0 amide bonds. The van der Waals surface area contributed by atoms with Crippen molar-refractivity contribution in [1.82, 2.24) is 0 Å². The molecule has 3 nitrogen and oxygen atoms in total. The Bertz CT molecular complexity index is 440. The Morgan fingerprint density at radius 2 is 2.18 bits per heavy atom. The standard InChI is InChI=1S/C11H15NO2S3/c1-5-14-10(13)8-6(2)7(3)17-9(8)12-11(15)16-4/h5H2,1-4H3,(H,12,15). The number of ether oxygens (including phenoxy) is 1. The summed E-state index contributed by atoms with van der Waals surface area (Å²) in [5.74, 6) is -0.291. The number of rotatable bonds is 3. The van der Waals surface area contributed by atoms with Gasteiger partial charge in [-0.3, -0.25) is 0 Å². The van der Waals surface area contributed by atoms with E-state index < -0.39 is 0 Å². The summed E-state index contributed by atoms with van der Waals surface area (Å²) in [4.78, 5) is 13.0. The molecule has 0 aliphatic carbocycles. The van der Waals surface area contributed by atoms with Gasteiger partial charge in [-0.25, -0.2) is 4.79 Å². The van der Waals surface area contributed by atoms with Gasteiger partial charge in [0.2, 0.25) is 0 Å². The van der Waals surface area contributed by atoms with Crippen molar-refractivity contribution in [2.24, 2.45) is 0 Å². The zero-order chi connectivity index (χ0) is 13.0. The summed E-state index contributed by atoms with van der Waals surface area (Å²) in [6.45, 7) is 6.08. The molecule has 94 valence electrons. The predicted octanol–water partition coefficient (Wildman–Crippen LogP) is 3.60. The van der Waals surface area contributed by atoms with Crippen molar-refractivity contribution in [3.63, 3.8) is 0 Å². The summed E-state index contributed by atoms with van der Waals surface area (Å²) < 4.78 is 5.71. The molecule has 1 heterocycles. The number of carbonyl (C=O) groups excluding carboxylic acids is 1. The van der Waals surface area contributed by atoms with Gasteiger partial charge in [0.1, 0.15) is 9.32 Å². The molecule has 1 N–H and O–H groups in total. The number of nitrogens with one attached hydrogen (secondary N) is 1. The molecule has 0 fully saturated rings. The van der Waals surface area contributed by atoms with E-state index in [-0.39, 0.29) is 5.97 Å². The van der Waals surface area contributed by atoms with E-state index in [4.69, 9.17) is 17.0 Å². The van der Waals surface area contributed by atoms with Crippen LogP contribution in [0.2, 0.25) is 0 Å². The molecule has 0 atom stereocenters. The largest absolute Gasteiger partial charge is 0.462 e. The van der Waals surface area contributed by atoms with Crippen LogP contribution in [-0.2, 0) is 4.74 Å². The number of anilines is 1. The zero-order valence-electron chi connectivity index (χ0n) is 10.2. The van der Waals surface area contributed by atoms with Crippen molar-refractivity contribution in [3.05, 3.63) is 16.0 Å². The third-order valence-electron chi connectivity index (χ3n) is 2.27. The molecule has 0 saturated heterocycles. The lowest BCUT2D eigenvalue weighted by atomic mass is 10.1. The second-order valence-corrected chi connectivity index (χ2v) is 6.03. The van der Waals surface area contributed by atoms with Crippen molar-refractivity contribution >= 4 is 50.6 Å². The Hall–Kier alpha value is -0.590. The summed E-state index contributed by atoms with van der Waals surface area (Å²) >= 11 is 8.08. The zero-order valence-corrected chi connectivity index (χ0v) is 12.7. The highest BCUT2D eigenvalue weighted by Crippen LogP contribution is 2.33. The SMILES string of the molecule is CCOC(=O)c1c(NC(=S)SC)sc(C)c1C. The molecule has 0 aliphatic heterocycles. The molecule has 1 rings (SSSR count). The van der Waals surface area contributed by atoms with Gasteiger partial charge in [-0.15, -0.1) is 23.1 Å². The van der Waals surface area contributed by atoms with Gasteiger partial charge in [-0.2, -0.15) is 0 Å². The summed E-state index contributed by atoms with van der Waals surface area (Å²) in [6, 6.07) is 0. The van der Waals surface area contributed by atoms with E-state index in [0.717, 1.165) is 15.4 Å². The van der Waals surface area contributed by atoms with Crippen molar-refractivity contribution in [2.75, 3.05) is 18.2 Å². The van der Waals surface area contributed by atoms with Crippen LogP contribution in [0.1, 0.15) is 27.7 Å². The van der Waals surface area contributed by atoms with Crippen LogP contribution in [0.25, 0.3) is 0 Å². The average Bonchev–Trinajstić information content (AvgIpc) is 2.54. The summed E-state index contributed by atoms with van der Waals surface area (Å²) in [6.07, 6.45) is 1.90. The summed E-state index contributed by atoms with van der Waals surface area (Å²) in [5, 5.41) is 3.85. The van der Waals surface area contributed by atoms with Gasteiger partial charge in [-0.1, -0.05) is 12.2 Å². The van der Waals surface area contributed by atoms with E-state index in [1.165, 1.54) is 23.1 Å². The van der Waals surface area contributed by atoms with Gasteiger partial charge in [-0.05, 0) is 32.6 Å². The number of carbonyl (C=O) groups is 1. The molecular weight excluding hydrogens is 274 g/mol. The fraction of sp³-hybridized carbons (Fsp3) is 0.455. The molecule has 17 heavy (non-hydrogen) atoms. The van der Waals surface area contributed by atoms with Crippen LogP contribution in [0.15, 0.2) is 0 Å². The molecule has 1 aromatic rings. The monoisotopic (exact) mass is 289 g/mol. The Kier molecular flexibility index (Phi) is 5.42.